The molecule has 38 heavy (non-hydrogen) atoms. The molecule has 0 spiro atoms. The number of hydrogen-bond donors (Lipinski definition) is 5. The first-order valence-electron chi connectivity index (χ1n) is 12.0. The number of benzene rings is 1. The molecule has 1 unspecified atom stereocenters. The lowest BCUT2D eigenvalue weighted by atomic mass is 9.78. The van der Waals surface area contributed by atoms with Crippen LogP contribution in [-0.4, -0.2) is 55.4 Å². The number of anilines is 2. The van der Waals surface area contributed by atoms with Crippen LogP contribution >= 0.6 is 11.3 Å². The van der Waals surface area contributed by atoms with Crippen LogP contribution in [0, 0.1) is 12.8 Å². The minimum atomic E-state index is -4.58. The van der Waals surface area contributed by atoms with Crippen molar-refractivity contribution in [2.75, 3.05) is 18.5 Å². The number of alkyl halides is 3. The van der Waals surface area contributed by atoms with Gasteiger partial charge >= 0.3 is 6.18 Å². The first kappa shape index (κ1) is 27.9. The molecule has 2 aromatic heterocycles. The first-order valence-corrected chi connectivity index (χ1v) is 12.8. The van der Waals surface area contributed by atoms with Crippen LogP contribution in [-0.2, 0) is 16.6 Å². The monoisotopic (exact) mass is 551 g/mol. The van der Waals surface area contributed by atoms with E-state index in [1.807, 2.05) is 13.0 Å². The molecule has 5 N–H and O–H groups in total. The summed E-state index contributed by atoms with van der Waals surface area (Å²) < 4.78 is 39.0. The van der Waals surface area contributed by atoms with Crippen LogP contribution in [0.4, 0.5) is 24.8 Å². The van der Waals surface area contributed by atoms with Crippen molar-refractivity contribution in [3.63, 3.8) is 0 Å². The molecule has 1 aromatic carbocycles. The molecule has 1 aliphatic carbocycles. The lowest BCUT2D eigenvalue weighted by molar-refractivity contribution is -0.141. The van der Waals surface area contributed by atoms with Crippen molar-refractivity contribution in [2.45, 2.75) is 50.5 Å². The summed E-state index contributed by atoms with van der Waals surface area (Å²) in [4.78, 5) is 25.0. The third kappa shape index (κ3) is 6.65. The average Bonchev–Trinajstić information content (AvgIpc) is 3.38. The van der Waals surface area contributed by atoms with Gasteiger partial charge in [-0.3, -0.25) is 4.79 Å². The third-order valence-corrected chi connectivity index (χ3v) is 7.61. The Labute approximate surface area is 220 Å². The number of amides is 1. The largest absolute Gasteiger partial charge is 0.433 e. The third-order valence-electron chi connectivity index (χ3n) is 6.37. The van der Waals surface area contributed by atoms with Crippen molar-refractivity contribution in [3.8, 4) is 10.4 Å². The Hall–Kier alpha value is -3.13. The van der Waals surface area contributed by atoms with Gasteiger partial charge in [-0.15, -0.1) is 11.3 Å². The topological polar surface area (TPSA) is 140 Å². The summed E-state index contributed by atoms with van der Waals surface area (Å²) in [5.41, 5.74) is -0.101. The summed E-state index contributed by atoms with van der Waals surface area (Å²) in [6, 6.07) is 6.22. The fourth-order valence-corrected chi connectivity index (χ4v) is 5.37. The van der Waals surface area contributed by atoms with Gasteiger partial charge in [0.2, 0.25) is 11.9 Å². The molecule has 13 heteroatoms. The minimum Gasteiger partial charge on any atom is -0.394 e. The van der Waals surface area contributed by atoms with Crippen LogP contribution < -0.4 is 10.6 Å². The van der Waals surface area contributed by atoms with Gasteiger partial charge in [-0.1, -0.05) is 6.07 Å². The fourth-order valence-electron chi connectivity index (χ4n) is 4.32. The molecule has 0 bridgehead atoms. The van der Waals surface area contributed by atoms with E-state index >= 15 is 0 Å². The molecular weight excluding hydrogens is 523 g/mol. The van der Waals surface area contributed by atoms with Crippen LogP contribution in [0.2, 0.25) is 0 Å². The van der Waals surface area contributed by atoms with Gasteiger partial charge in [0.25, 0.3) is 0 Å². The Morgan fingerprint density at radius 1 is 1.24 bits per heavy atom. The van der Waals surface area contributed by atoms with Crippen molar-refractivity contribution in [1.29, 1.82) is 0 Å². The lowest BCUT2D eigenvalue weighted by Gasteiger charge is -2.34. The second-order valence-electron chi connectivity index (χ2n) is 9.39. The van der Waals surface area contributed by atoms with Gasteiger partial charge in [0.15, 0.2) is 0 Å². The van der Waals surface area contributed by atoms with E-state index in [-0.39, 0.29) is 24.3 Å². The van der Waals surface area contributed by atoms with Gasteiger partial charge in [-0.25, -0.2) is 15.0 Å². The van der Waals surface area contributed by atoms with Gasteiger partial charge in [0.05, 0.1) is 17.6 Å². The normalized spacial score (nSPS) is 20.7. The summed E-state index contributed by atoms with van der Waals surface area (Å²) in [6.45, 7) is 1.39. The number of nitrogens with zero attached hydrogens (tertiary/aromatic N) is 3. The molecule has 1 saturated carbocycles. The van der Waals surface area contributed by atoms with E-state index < -0.39 is 30.2 Å². The predicted molar refractivity (Wildman–Crippen MR) is 135 cm³/mol. The molecule has 0 saturated heterocycles. The number of thiazole rings is 1. The van der Waals surface area contributed by atoms with Crippen molar-refractivity contribution in [2.24, 2.45) is 5.92 Å². The maximum Gasteiger partial charge on any atom is 0.433 e. The van der Waals surface area contributed by atoms with Crippen molar-refractivity contribution in [3.05, 3.63) is 52.9 Å². The molecule has 2 heterocycles. The number of hydrogen-bond acceptors (Lipinski definition) is 9. The van der Waals surface area contributed by atoms with Crippen molar-refractivity contribution in [1.82, 2.24) is 20.3 Å². The molecule has 4 rings (SSSR count). The highest BCUT2D eigenvalue weighted by Crippen LogP contribution is 2.43. The molecule has 204 valence electrons. The first-order chi connectivity index (χ1) is 18.0. The zero-order chi connectivity index (χ0) is 27.5. The van der Waals surface area contributed by atoms with Crippen LogP contribution in [0.15, 0.2) is 36.7 Å². The zero-order valence-corrected chi connectivity index (χ0v) is 21.3. The summed E-state index contributed by atoms with van der Waals surface area (Å²) in [5, 5.41) is 35.6. The van der Waals surface area contributed by atoms with E-state index in [0.717, 1.165) is 28.3 Å². The summed E-state index contributed by atoms with van der Waals surface area (Å²) >= 11 is 1.32. The zero-order valence-electron chi connectivity index (χ0n) is 20.5. The smallest absolute Gasteiger partial charge is 0.394 e. The summed E-state index contributed by atoms with van der Waals surface area (Å²) in [5.74, 6) is -0.699. The van der Waals surface area contributed by atoms with E-state index in [2.05, 4.69) is 25.6 Å². The molecule has 0 aliphatic heterocycles. The summed E-state index contributed by atoms with van der Waals surface area (Å²) in [6.07, 6.45) is -1.33. The van der Waals surface area contributed by atoms with Crippen molar-refractivity contribution >= 4 is 28.9 Å². The number of aliphatic hydroxyl groups excluding tert-OH is 2. The molecule has 0 radical (unpaired) electrons. The molecule has 1 atom stereocenters. The lowest BCUT2D eigenvalue weighted by Crippen LogP contribution is -2.41. The van der Waals surface area contributed by atoms with E-state index in [1.54, 1.807) is 18.3 Å². The van der Waals surface area contributed by atoms with E-state index in [9.17, 15) is 28.2 Å². The number of aromatic nitrogens is 3. The van der Waals surface area contributed by atoms with Gasteiger partial charge in [-0.05, 0) is 61.9 Å². The second-order valence-corrected chi connectivity index (χ2v) is 10.4. The molecular formula is C25H28F3N5O4S. The number of nitrogens with one attached hydrogen (secondary N) is 2. The molecule has 1 fully saturated rings. The number of aryl methyl sites for hydroxylation is 1. The van der Waals surface area contributed by atoms with Gasteiger partial charge in [0.1, 0.15) is 16.3 Å². The van der Waals surface area contributed by atoms with E-state index in [1.165, 1.54) is 11.3 Å². The molecule has 1 amide bonds. The number of carbonyl (C=O) groups excluding carboxylic acids is 1. The highest BCUT2D eigenvalue weighted by atomic mass is 32.1. The number of rotatable bonds is 8. The van der Waals surface area contributed by atoms with Crippen LogP contribution in [0.1, 0.15) is 41.9 Å². The summed E-state index contributed by atoms with van der Waals surface area (Å²) in [7, 11) is 0. The Kier molecular flexibility index (Phi) is 8.31. The molecule has 1 aliphatic rings. The van der Waals surface area contributed by atoms with Gasteiger partial charge in [0, 0.05) is 30.5 Å². The SMILES string of the molecule is Cc1cc(Nc2nccc(C(F)(F)F)n2)cc(-c2cnc(C3(O)CCC(C(=O)NCC(O)CO)CC3)s2)c1. The molecule has 3 aromatic rings. The Balaban J connectivity index is 1.45. The van der Waals surface area contributed by atoms with Crippen molar-refractivity contribution < 1.29 is 33.3 Å². The quantitative estimate of drug-likeness (QED) is 0.287. The number of carbonyl (C=O) groups is 1. The van der Waals surface area contributed by atoms with Crippen LogP contribution in [0.3, 0.4) is 0 Å². The standard InChI is InChI=1S/C25H28F3N5O4S/c1-14-8-16(10-17(9-14)32-23-29-7-4-20(33-23)25(26,27)28)19-12-31-22(38-19)24(37)5-2-15(3-6-24)21(36)30-11-18(35)13-34/h4,7-10,12,15,18,34-35,37H,2-3,5-6,11,13H2,1H3,(H,30,36)(H,29,32,33). The Morgan fingerprint density at radius 2 is 1.97 bits per heavy atom. The van der Waals surface area contributed by atoms with Crippen LogP contribution in [0.25, 0.3) is 10.4 Å². The highest BCUT2D eigenvalue weighted by Gasteiger charge is 2.39. The molecule has 9 nitrogen and oxygen atoms in total. The highest BCUT2D eigenvalue weighted by molar-refractivity contribution is 7.15. The van der Waals surface area contributed by atoms with E-state index in [0.29, 0.717) is 36.4 Å². The van der Waals surface area contributed by atoms with Crippen LogP contribution in [0.5, 0.6) is 0 Å². The second kappa shape index (κ2) is 11.3. The number of aliphatic hydroxyl groups is 3. The average molecular weight is 552 g/mol. The van der Waals surface area contributed by atoms with Gasteiger partial charge in [-0.2, -0.15) is 13.2 Å². The van der Waals surface area contributed by atoms with Gasteiger partial charge < -0.3 is 26.0 Å². The van der Waals surface area contributed by atoms with E-state index in [4.69, 9.17) is 5.11 Å². The maximum atomic E-state index is 13.0. The number of halogens is 3. The maximum absolute atomic E-state index is 13.0. The predicted octanol–water partition coefficient (Wildman–Crippen LogP) is 3.52. The fraction of sp³-hybridized carbons (Fsp3) is 0.440. The Bertz CT molecular complexity index is 1280. The Morgan fingerprint density at radius 3 is 2.66 bits per heavy atom. The minimum absolute atomic E-state index is 0.0286.